The van der Waals surface area contributed by atoms with E-state index in [1.165, 1.54) is 16.8 Å². The van der Waals surface area contributed by atoms with Crippen LogP contribution >= 0.6 is 0 Å². The van der Waals surface area contributed by atoms with Gasteiger partial charge in [-0.25, -0.2) is 15.0 Å². The second-order valence-electron chi connectivity index (χ2n) is 9.31. The van der Waals surface area contributed by atoms with Crippen LogP contribution in [0.4, 0.5) is 17.5 Å². The Morgan fingerprint density at radius 2 is 1.75 bits per heavy atom. The Labute approximate surface area is 212 Å². The lowest BCUT2D eigenvalue weighted by atomic mass is 10.1. The number of rotatable bonds is 6. The molecule has 0 amide bonds. The van der Waals surface area contributed by atoms with E-state index in [1.54, 1.807) is 6.33 Å². The fourth-order valence-electron chi connectivity index (χ4n) is 5.16. The van der Waals surface area contributed by atoms with Crippen molar-refractivity contribution in [1.82, 2.24) is 36.3 Å². The molecule has 10 heteroatoms. The quantitative estimate of drug-likeness (QED) is 0.533. The Kier molecular flexibility index (Phi) is 7.66. The first kappa shape index (κ1) is 24.5. The molecule has 0 aliphatic carbocycles. The Hall–Kier alpha value is -3.18. The van der Waals surface area contributed by atoms with Crippen molar-refractivity contribution in [1.29, 1.82) is 0 Å². The molecule has 0 radical (unpaired) electrons. The standard InChI is InChI=1S/C26H32N8O.H3N/c1-2-20(4-8-32-10-6-27-7-11-32)16-22(3-1)34-9-5-23-24(21-17-28-19-29-18-21)30-26(31-25(23)34)33-12-14-35-15-13-33;/h1-3,16-19,27H,4-15H2;1H3. The van der Waals surface area contributed by atoms with Gasteiger partial charge >= 0.3 is 0 Å². The van der Waals surface area contributed by atoms with Crippen LogP contribution in [0.1, 0.15) is 11.1 Å². The van der Waals surface area contributed by atoms with Gasteiger partial charge in [-0.05, 0) is 30.5 Å². The van der Waals surface area contributed by atoms with E-state index in [2.05, 4.69) is 54.2 Å². The molecule has 2 fully saturated rings. The molecular formula is C26H35N9O. The zero-order valence-electron chi connectivity index (χ0n) is 20.8. The van der Waals surface area contributed by atoms with E-state index in [1.807, 2.05) is 12.4 Å². The van der Waals surface area contributed by atoms with Gasteiger partial charge in [0.1, 0.15) is 12.1 Å². The van der Waals surface area contributed by atoms with Gasteiger partial charge in [-0.15, -0.1) is 0 Å². The van der Waals surface area contributed by atoms with Crippen LogP contribution in [0.15, 0.2) is 43.0 Å². The summed E-state index contributed by atoms with van der Waals surface area (Å²) in [6.45, 7) is 9.41. The number of nitrogens with zero attached hydrogens (tertiary/aromatic N) is 7. The minimum absolute atomic E-state index is 0. The number of fused-ring (bicyclic) bond motifs is 1. The van der Waals surface area contributed by atoms with Crippen LogP contribution in [0.3, 0.4) is 0 Å². The molecule has 1 aromatic carbocycles. The molecule has 3 aromatic rings. The fourth-order valence-corrected chi connectivity index (χ4v) is 5.16. The highest BCUT2D eigenvalue weighted by atomic mass is 16.5. The van der Waals surface area contributed by atoms with E-state index in [4.69, 9.17) is 14.7 Å². The number of morpholine rings is 1. The van der Waals surface area contributed by atoms with Gasteiger partial charge < -0.3 is 30.9 Å². The molecule has 3 aliphatic heterocycles. The lowest BCUT2D eigenvalue weighted by Crippen LogP contribution is -2.44. The molecule has 0 atom stereocenters. The van der Waals surface area contributed by atoms with Crippen molar-refractivity contribution in [3.8, 4) is 11.3 Å². The van der Waals surface area contributed by atoms with E-state index in [9.17, 15) is 0 Å². The van der Waals surface area contributed by atoms with Crippen LogP contribution in [0.2, 0.25) is 0 Å². The first-order valence-electron chi connectivity index (χ1n) is 12.6. The third kappa shape index (κ3) is 5.17. The van der Waals surface area contributed by atoms with Crippen molar-refractivity contribution in [2.24, 2.45) is 0 Å². The van der Waals surface area contributed by atoms with Crippen molar-refractivity contribution in [2.45, 2.75) is 12.8 Å². The third-order valence-electron chi connectivity index (χ3n) is 7.09. The van der Waals surface area contributed by atoms with E-state index in [0.717, 1.165) is 88.2 Å². The predicted molar refractivity (Wildman–Crippen MR) is 141 cm³/mol. The molecule has 4 N–H and O–H groups in total. The lowest BCUT2D eigenvalue weighted by Gasteiger charge is -2.28. The molecule has 36 heavy (non-hydrogen) atoms. The molecule has 0 unspecified atom stereocenters. The Bertz CT molecular complexity index is 1150. The molecule has 190 valence electrons. The monoisotopic (exact) mass is 489 g/mol. The number of hydrogen-bond acceptors (Lipinski definition) is 10. The molecular weight excluding hydrogens is 454 g/mol. The minimum Gasteiger partial charge on any atom is -0.378 e. The number of hydrogen-bond donors (Lipinski definition) is 2. The zero-order valence-corrected chi connectivity index (χ0v) is 20.8. The van der Waals surface area contributed by atoms with Gasteiger partial charge in [0.05, 0.1) is 18.9 Å². The highest BCUT2D eigenvalue weighted by Crippen LogP contribution is 2.39. The summed E-state index contributed by atoms with van der Waals surface area (Å²) >= 11 is 0. The molecule has 2 aromatic heterocycles. The lowest BCUT2D eigenvalue weighted by molar-refractivity contribution is 0.122. The number of benzene rings is 1. The smallest absolute Gasteiger partial charge is 0.228 e. The molecule has 0 bridgehead atoms. The van der Waals surface area contributed by atoms with Crippen molar-refractivity contribution in [3.05, 3.63) is 54.1 Å². The van der Waals surface area contributed by atoms with Gasteiger partial charge in [0.15, 0.2) is 0 Å². The van der Waals surface area contributed by atoms with E-state index in [-0.39, 0.29) is 6.15 Å². The van der Waals surface area contributed by atoms with Gasteiger partial charge in [-0.2, -0.15) is 4.98 Å². The average molecular weight is 490 g/mol. The molecule has 10 nitrogen and oxygen atoms in total. The molecule has 5 heterocycles. The average Bonchev–Trinajstić information content (AvgIpc) is 3.37. The molecule has 6 rings (SSSR count). The van der Waals surface area contributed by atoms with E-state index >= 15 is 0 Å². The highest BCUT2D eigenvalue weighted by molar-refractivity contribution is 5.76. The topological polar surface area (TPSA) is 118 Å². The summed E-state index contributed by atoms with van der Waals surface area (Å²) in [5, 5.41) is 3.43. The molecule has 3 aliphatic rings. The van der Waals surface area contributed by atoms with Crippen LogP contribution in [-0.4, -0.2) is 90.4 Å². The summed E-state index contributed by atoms with van der Waals surface area (Å²) in [7, 11) is 0. The fraction of sp³-hybridized carbons (Fsp3) is 0.462. The Balaban J connectivity index is 0.00000267. The second-order valence-corrected chi connectivity index (χ2v) is 9.31. The summed E-state index contributed by atoms with van der Waals surface area (Å²) < 4.78 is 5.56. The Morgan fingerprint density at radius 3 is 2.56 bits per heavy atom. The number of ether oxygens (including phenoxy) is 1. The third-order valence-corrected chi connectivity index (χ3v) is 7.09. The number of anilines is 3. The normalized spacial score (nSPS) is 18.1. The van der Waals surface area contributed by atoms with E-state index < -0.39 is 0 Å². The van der Waals surface area contributed by atoms with Crippen molar-refractivity contribution < 1.29 is 4.74 Å². The summed E-state index contributed by atoms with van der Waals surface area (Å²) in [5.41, 5.74) is 5.61. The van der Waals surface area contributed by atoms with Crippen molar-refractivity contribution in [2.75, 3.05) is 75.4 Å². The van der Waals surface area contributed by atoms with Gasteiger partial charge in [0, 0.05) is 81.6 Å². The van der Waals surface area contributed by atoms with Crippen LogP contribution < -0.4 is 21.3 Å². The first-order chi connectivity index (χ1) is 17.3. The van der Waals surface area contributed by atoms with Gasteiger partial charge in [-0.1, -0.05) is 12.1 Å². The van der Waals surface area contributed by atoms with Crippen LogP contribution in [0.25, 0.3) is 11.3 Å². The van der Waals surface area contributed by atoms with Gasteiger partial charge in [-0.3, -0.25) is 0 Å². The summed E-state index contributed by atoms with van der Waals surface area (Å²) in [6, 6.07) is 8.95. The molecule has 0 spiro atoms. The minimum atomic E-state index is 0. The first-order valence-corrected chi connectivity index (χ1v) is 12.6. The molecule has 2 saturated heterocycles. The van der Waals surface area contributed by atoms with Crippen LogP contribution in [0.5, 0.6) is 0 Å². The maximum atomic E-state index is 5.56. The predicted octanol–water partition coefficient (Wildman–Crippen LogP) is 2.07. The van der Waals surface area contributed by atoms with E-state index in [0.29, 0.717) is 13.2 Å². The maximum Gasteiger partial charge on any atom is 0.228 e. The largest absolute Gasteiger partial charge is 0.378 e. The summed E-state index contributed by atoms with van der Waals surface area (Å²) in [4.78, 5) is 25.7. The Morgan fingerprint density at radius 1 is 0.944 bits per heavy atom. The van der Waals surface area contributed by atoms with Crippen LogP contribution in [-0.2, 0) is 17.6 Å². The van der Waals surface area contributed by atoms with Crippen molar-refractivity contribution in [3.63, 3.8) is 0 Å². The highest BCUT2D eigenvalue weighted by Gasteiger charge is 2.29. The summed E-state index contributed by atoms with van der Waals surface area (Å²) in [6.07, 6.45) is 7.21. The van der Waals surface area contributed by atoms with Crippen molar-refractivity contribution >= 4 is 17.5 Å². The second kappa shape index (κ2) is 11.3. The number of nitrogens with one attached hydrogen (secondary N) is 1. The van der Waals surface area contributed by atoms with Gasteiger partial charge in [0.25, 0.3) is 0 Å². The molecule has 0 saturated carbocycles. The van der Waals surface area contributed by atoms with Gasteiger partial charge in [0.2, 0.25) is 5.95 Å². The van der Waals surface area contributed by atoms with Crippen LogP contribution in [0, 0.1) is 0 Å². The maximum absolute atomic E-state index is 5.56. The zero-order chi connectivity index (χ0) is 23.5. The number of aromatic nitrogens is 4. The summed E-state index contributed by atoms with van der Waals surface area (Å²) in [5.74, 6) is 1.76. The number of piperazine rings is 1. The SMILES string of the molecule is N.c1cc(CCN2CCNCC2)cc(N2CCc3c(-c4cncnc4)nc(N4CCOCC4)nc32)c1.